The molecule has 0 amide bonds. The van der Waals surface area contributed by atoms with Crippen LogP contribution in [-0.2, 0) is 17.8 Å². The summed E-state index contributed by atoms with van der Waals surface area (Å²) in [6, 6.07) is 14.6. The predicted molar refractivity (Wildman–Crippen MR) is 140 cm³/mol. The molecule has 4 rings (SSSR count). The Kier molecular flexibility index (Phi) is 9.76. The molecule has 1 atom stereocenters. The van der Waals surface area contributed by atoms with Gasteiger partial charge in [0.15, 0.2) is 5.96 Å². The fourth-order valence-electron chi connectivity index (χ4n) is 3.98. The van der Waals surface area contributed by atoms with Crippen LogP contribution < -0.4 is 10.6 Å². The fourth-order valence-corrected chi connectivity index (χ4v) is 3.98. The van der Waals surface area contributed by atoms with Crippen molar-refractivity contribution in [1.29, 1.82) is 0 Å². The van der Waals surface area contributed by atoms with E-state index in [0.29, 0.717) is 13.1 Å². The molecule has 1 saturated heterocycles. The molecule has 1 fully saturated rings. The molecule has 1 aliphatic heterocycles. The second-order valence-electron chi connectivity index (χ2n) is 7.89. The molecule has 0 aliphatic carbocycles. The van der Waals surface area contributed by atoms with Crippen molar-refractivity contribution in [2.45, 2.75) is 26.1 Å². The Bertz CT molecular complexity index is 998. The molecule has 3 aromatic rings. The number of nitrogens with one attached hydrogen (secondary N) is 2. The number of guanidine groups is 1. The van der Waals surface area contributed by atoms with E-state index in [-0.39, 0.29) is 30.0 Å². The first-order valence-corrected chi connectivity index (χ1v) is 11.1. The van der Waals surface area contributed by atoms with E-state index in [0.717, 1.165) is 50.3 Å². The third-order valence-corrected chi connectivity index (χ3v) is 5.72. The summed E-state index contributed by atoms with van der Waals surface area (Å²) in [6.07, 6.45) is 3.78. The van der Waals surface area contributed by atoms with Crippen molar-refractivity contribution < 1.29 is 9.15 Å². The van der Waals surface area contributed by atoms with Gasteiger partial charge in [-0.3, -0.25) is 14.6 Å². The van der Waals surface area contributed by atoms with E-state index in [9.17, 15) is 0 Å². The minimum Gasteiger partial charge on any atom is -0.465 e. The summed E-state index contributed by atoms with van der Waals surface area (Å²) >= 11 is 0. The second kappa shape index (κ2) is 12.8. The Balaban J connectivity index is 0.00000306. The standard InChI is InChI=1S/C24H32N6O2.HI/c1-19-8-9-23(32-19)22(29-12-14-31-15-13-29)17-27-24(25-2)26-16-20-6-3-4-7-21(20)18-30-11-5-10-28-30;/h3-11,22H,12-18H2,1-2H3,(H2,25,26,27);1H. The van der Waals surface area contributed by atoms with Gasteiger partial charge in [0.1, 0.15) is 11.5 Å². The molecule has 178 valence electrons. The van der Waals surface area contributed by atoms with Crippen LogP contribution in [0.3, 0.4) is 0 Å². The van der Waals surface area contributed by atoms with Crippen LogP contribution in [0.5, 0.6) is 0 Å². The minimum atomic E-state index is 0. The first-order chi connectivity index (χ1) is 15.7. The summed E-state index contributed by atoms with van der Waals surface area (Å²) in [6.45, 7) is 7.37. The molecule has 0 bridgehead atoms. The van der Waals surface area contributed by atoms with E-state index >= 15 is 0 Å². The van der Waals surface area contributed by atoms with E-state index in [4.69, 9.17) is 9.15 Å². The summed E-state index contributed by atoms with van der Waals surface area (Å²) in [5, 5.41) is 11.3. The summed E-state index contributed by atoms with van der Waals surface area (Å²) in [4.78, 5) is 6.83. The molecule has 33 heavy (non-hydrogen) atoms. The number of furan rings is 1. The van der Waals surface area contributed by atoms with Crippen molar-refractivity contribution in [3.05, 3.63) is 77.5 Å². The van der Waals surface area contributed by atoms with Gasteiger partial charge in [0.25, 0.3) is 0 Å². The highest BCUT2D eigenvalue weighted by molar-refractivity contribution is 14.0. The van der Waals surface area contributed by atoms with Crippen molar-refractivity contribution in [3.63, 3.8) is 0 Å². The first kappa shape index (κ1) is 25.3. The average Bonchev–Trinajstić information content (AvgIpc) is 3.49. The molecular formula is C24H33IN6O2. The van der Waals surface area contributed by atoms with Gasteiger partial charge in [-0.15, -0.1) is 24.0 Å². The molecule has 1 aromatic carbocycles. The number of hydrogen-bond acceptors (Lipinski definition) is 5. The zero-order valence-electron chi connectivity index (χ0n) is 19.2. The number of aromatic nitrogens is 2. The maximum atomic E-state index is 5.97. The van der Waals surface area contributed by atoms with Crippen molar-refractivity contribution in [1.82, 2.24) is 25.3 Å². The topological polar surface area (TPSA) is 79.8 Å². The number of rotatable bonds is 8. The highest BCUT2D eigenvalue weighted by Gasteiger charge is 2.25. The van der Waals surface area contributed by atoms with Crippen molar-refractivity contribution in [3.8, 4) is 0 Å². The van der Waals surface area contributed by atoms with Crippen molar-refractivity contribution in [2.24, 2.45) is 4.99 Å². The minimum absolute atomic E-state index is 0. The van der Waals surface area contributed by atoms with Crippen LogP contribution in [0.4, 0.5) is 0 Å². The number of morpholine rings is 1. The number of aryl methyl sites for hydroxylation is 1. The largest absolute Gasteiger partial charge is 0.465 e. The van der Waals surface area contributed by atoms with Gasteiger partial charge in [-0.05, 0) is 36.2 Å². The van der Waals surface area contributed by atoms with Crippen LogP contribution in [0, 0.1) is 6.92 Å². The van der Waals surface area contributed by atoms with Gasteiger partial charge in [-0.1, -0.05) is 24.3 Å². The first-order valence-electron chi connectivity index (χ1n) is 11.1. The Labute approximate surface area is 212 Å². The van der Waals surface area contributed by atoms with Gasteiger partial charge in [0, 0.05) is 45.6 Å². The molecule has 0 saturated carbocycles. The molecule has 0 spiro atoms. The lowest BCUT2D eigenvalue weighted by Gasteiger charge is -2.33. The number of hydrogen-bond donors (Lipinski definition) is 2. The Morgan fingerprint density at radius 2 is 1.88 bits per heavy atom. The number of benzene rings is 1. The van der Waals surface area contributed by atoms with Gasteiger partial charge >= 0.3 is 0 Å². The lowest BCUT2D eigenvalue weighted by molar-refractivity contribution is 0.0124. The van der Waals surface area contributed by atoms with Crippen LogP contribution in [0.2, 0.25) is 0 Å². The molecular weight excluding hydrogens is 531 g/mol. The van der Waals surface area contributed by atoms with Gasteiger partial charge in [0.05, 0.1) is 25.8 Å². The number of nitrogens with zero attached hydrogens (tertiary/aromatic N) is 4. The van der Waals surface area contributed by atoms with Crippen LogP contribution >= 0.6 is 24.0 Å². The van der Waals surface area contributed by atoms with E-state index in [1.54, 1.807) is 13.2 Å². The predicted octanol–water partition coefficient (Wildman–Crippen LogP) is 3.19. The van der Waals surface area contributed by atoms with Gasteiger partial charge in [-0.25, -0.2) is 0 Å². The molecule has 2 N–H and O–H groups in total. The molecule has 8 nitrogen and oxygen atoms in total. The summed E-state index contributed by atoms with van der Waals surface area (Å²) in [5.74, 6) is 2.66. The summed E-state index contributed by atoms with van der Waals surface area (Å²) in [7, 11) is 1.80. The second-order valence-corrected chi connectivity index (χ2v) is 7.89. The smallest absolute Gasteiger partial charge is 0.191 e. The van der Waals surface area contributed by atoms with E-state index in [1.165, 1.54) is 11.1 Å². The maximum Gasteiger partial charge on any atom is 0.191 e. The van der Waals surface area contributed by atoms with Crippen LogP contribution in [0.15, 0.2) is 64.3 Å². The molecule has 3 heterocycles. The average molecular weight is 564 g/mol. The van der Waals surface area contributed by atoms with E-state index in [1.807, 2.05) is 29.9 Å². The lowest BCUT2D eigenvalue weighted by Crippen LogP contribution is -2.46. The zero-order chi connectivity index (χ0) is 22.2. The molecule has 1 unspecified atom stereocenters. The van der Waals surface area contributed by atoms with Gasteiger partial charge < -0.3 is 19.8 Å². The molecule has 0 radical (unpaired) electrons. The molecule has 1 aliphatic rings. The zero-order valence-corrected chi connectivity index (χ0v) is 21.6. The number of halogens is 1. The number of ether oxygens (including phenoxy) is 1. The third-order valence-electron chi connectivity index (χ3n) is 5.72. The van der Waals surface area contributed by atoms with Crippen LogP contribution in [-0.4, -0.2) is 60.5 Å². The Morgan fingerprint density at radius 1 is 1.09 bits per heavy atom. The highest BCUT2D eigenvalue weighted by atomic mass is 127. The quantitative estimate of drug-likeness (QED) is 0.249. The monoisotopic (exact) mass is 564 g/mol. The maximum absolute atomic E-state index is 5.97. The van der Waals surface area contributed by atoms with Gasteiger partial charge in [-0.2, -0.15) is 5.10 Å². The van der Waals surface area contributed by atoms with Crippen LogP contribution in [0.25, 0.3) is 0 Å². The normalized spacial score (nSPS) is 15.6. The Hall–Kier alpha value is -2.37. The van der Waals surface area contributed by atoms with Crippen molar-refractivity contribution >= 4 is 29.9 Å². The van der Waals surface area contributed by atoms with Crippen molar-refractivity contribution in [2.75, 3.05) is 39.9 Å². The Morgan fingerprint density at radius 3 is 2.55 bits per heavy atom. The third kappa shape index (κ3) is 7.05. The fraction of sp³-hybridized carbons (Fsp3) is 0.417. The highest BCUT2D eigenvalue weighted by Crippen LogP contribution is 2.23. The number of aliphatic imine (C=N–C) groups is 1. The molecule has 9 heteroatoms. The van der Waals surface area contributed by atoms with Crippen LogP contribution in [0.1, 0.15) is 28.7 Å². The SMILES string of the molecule is CN=C(NCc1ccccc1Cn1cccn1)NCC(c1ccc(C)o1)N1CCOCC1.I. The van der Waals surface area contributed by atoms with E-state index in [2.05, 4.69) is 56.0 Å². The van der Waals surface area contributed by atoms with E-state index < -0.39 is 0 Å². The molecule has 2 aromatic heterocycles. The van der Waals surface area contributed by atoms with Gasteiger partial charge in [0.2, 0.25) is 0 Å². The summed E-state index contributed by atoms with van der Waals surface area (Å²) < 4.78 is 13.4. The summed E-state index contributed by atoms with van der Waals surface area (Å²) in [5.41, 5.74) is 2.45. The lowest BCUT2D eigenvalue weighted by atomic mass is 10.1.